The zero-order valence-corrected chi connectivity index (χ0v) is 14.5. The summed E-state index contributed by atoms with van der Waals surface area (Å²) in [5, 5.41) is 4.67. The molecule has 0 amide bonds. The van der Waals surface area contributed by atoms with E-state index in [-0.39, 0.29) is 11.6 Å². The zero-order valence-electron chi connectivity index (χ0n) is 13.8. The molecule has 2 aromatic carbocycles. The molecule has 5 heteroatoms. The van der Waals surface area contributed by atoms with Crippen molar-refractivity contribution in [2.45, 2.75) is 26.3 Å². The van der Waals surface area contributed by atoms with Crippen molar-refractivity contribution in [2.24, 2.45) is 0 Å². The number of rotatable bonds is 5. The zero-order chi connectivity index (χ0) is 17.1. The number of para-hydroxylation sites is 1. The Morgan fingerprint density at radius 2 is 1.83 bits per heavy atom. The van der Waals surface area contributed by atoms with Crippen LogP contribution in [0.4, 0.5) is 0 Å². The standard InChI is InChI=1S/C19H20ClN3O/c1-3-16(21-4-2)18-22-17-8-6-5-7-15(17)19(24)23(18)14-11-9-13(20)10-12-14/h5-12,16,21H,3-4H2,1-2H3/t16-/m1/s1. The van der Waals surface area contributed by atoms with Gasteiger partial charge in [0.25, 0.3) is 5.56 Å². The molecule has 3 aromatic rings. The molecule has 1 heterocycles. The maximum absolute atomic E-state index is 13.1. The molecule has 4 nitrogen and oxygen atoms in total. The van der Waals surface area contributed by atoms with Gasteiger partial charge in [0.15, 0.2) is 0 Å². The van der Waals surface area contributed by atoms with Crippen LogP contribution in [0.15, 0.2) is 53.3 Å². The fourth-order valence-corrected chi connectivity index (χ4v) is 3.01. The highest BCUT2D eigenvalue weighted by Crippen LogP contribution is 2.21. The van der Waals surface area contributed by atoms with Crippen molar-refractivity contribution in [3.8, 4) is 5.69 Å². The summed E-state index contributed by atoms with van der Waals surface area (Å²) in [5.74, 6) is 0.727. The number of nitrogens with one attached hydrogen (secondary N) is 1. The molecule has 0 bridgehead atoms. The molecule has 0 aliphatic carbocycles. The lowest BCUT2D eigenvalue weighted by molar-refractivity contribution is 0.498. The van der Waals surface area contributed by atoms with Gasteiger partial charge >= 0.3 is 0 Å². The molecule has 1 aromatic heterocycles. The highest BCUT2D eigenvalue weighted by Gasteiger charge is 2.19. The Morgan fingerprint density at radius 1 is 1.12 bits per heavy atom. The van der Waals surface area contributed by atoms with Crippen LogP contribution in [0.1, 0.15) is 32.1 Å². The monoisotopic (exact) mass is 341 g/mol. The normalized spacial score (nSPS) is 12.5. The van der Waals surface area contributed by atoms with Gasteiger partial charge in [-0.3, -0.25) is 9.36 Å². The highest BCUT2D eigenvalue weighted by atomic mass is 35.5. The van der Waals surface area contributed by atoms with E-state index in [1.165, 1.54) is 0 Å². The third-order valence-corrected chi connectivity index (χ3v) is 4.31. The van der Waals surface area contributed by atoms with Gasteiger partial charge in [0.1, 0.15) is 5.82 Å². The van der Waals surface area contributed by atoms with E-state index >= 15 is 0 Å². The first-order chi connectivity index (χ1) is 11.7. The van der Waals surface area contributed by atoms with Crippen LogP contribution in [0.2, 0.25) is 5.02 Å². The second kappa shape index (κ2) is 7.16. The molecule has 0 radical (unpaired) electrons. The lowest BCUT2D eigenvalue weighted by atomic mass is 10.1. The van der Waals surface area contributed by atoms with E-state index in [1.54, 1.807) is 16.7 Å². The van der Waals surface area contributed by atoms with Crippen LogP contribution in [-0.2, 0) is 0 Å². The molecule has 124 valence electrons. The lowest BCUT2D eigenvalue weighted by Gasteiger charge is -2.21. The minimum Gasteiger partial charge on any atom is -0.308 e. The van der Waals surface area contributed by atoms with Crippen LogP contribution in [0.5, 0.6) is 0 Å². The highest BCUT2D eigenvalue weighted by molar-refractivity contribution is 6.30. The summed E-state index contributed by atoms with van der Waals surface area (Å²) in [6.45, 7) is 4.94. The number of halogens is 1. The van der Waals surface area contributed by atoms with E-state index in [1.807, 2.05) is 36.4 Å². The van der Waals surface area contributed by atoms with Crippen LogP contribution in [-0.4, -0.2) is 16.1 Å². The van der Waals surface area contributed by atoms with Gasteiger partial charge in [-0.1, -0.05) is 37.6 Å². The van der Waals surface area contributed by atoms with E-state index in [2.05, 4.69) is 19.2 Å². The topological polar surface area (TPSA) is 46.9 Å². The maximum Gasteiger partial charge on any atom is 0.266 e. The molecule has 0 aliphatic rings. The summed E-state index contributed by atoms with van der Waals surface area (Å²) < 4.78 is 1.69. The lowest BCUT2D eigenvalue weighted by Crippen LogP contribution is -2.31. The number of nitrogens with zero attached hydrogens (tertiary/aromatic N) is 2. The molecular weight excluding hydrogens is 322 g/mol. The van der Waals surface area contributed by atoms with E-state index < -0.39 is 0 Å². The summed E-state index contributed by atoms with van der Waals surface area (Å²) in [6, 6.07) is 14.7. The van der Waals surface area contributed by atoms with Gasteiger partial charge in [0.05, 0.1) is 22.6 Å². The second-order valence-corrected chi connectivity index (χ2v) is 6.06. The summed E-state index contributed by atoms with van der Waals surface area (Å²) in [4.78, 5) is 17.9. The summed E-state index contributed by atoms with van der Waals surface area (Å²) in [5.41, 5.74) is 1.43. The number of fused-ring (bicyclic) bond motifs is 1. The molecule has 0 fully saturated rings. The summed E-state index contributed by atoms with van der Waals surface area (Å²) in [6.07, 6.45) is 0.839. The maximum atomic E-state index is 13.1. The molecule has 0 spiro atoms. The molecule has 0 saturated carbocycles. The second-order valence-electron chi connectivity index (χ2n) is 5.62. The van der Waals surface area contributed by atoms with Crippen molar-refractivity contribution in [3.05, 3.63) is 69.7 Å². The first-order valence-corrected chi connectivity index (χ1v) is 8.54. The number of hydrogen-bond acceptors (Lipinski definition) is 3. The first kappa shape index (κ1) is 16.7. The van der Waals surface area contributed by atoms with Crippen molar-refractivity contribution < 1.29 is 0 Å². The van der Waals surface area contributed by atoms with Crippen molar-refractivity contribution in [1.82, 2.24) is 14.9 Å². The Morgan fingerprint density at radius 3 is 2.50 bits per heavy atom. The van der Waals surface area contributed by atoms with E-state index in [0.29, 0.717) is 10.4 Å². The van der Waals surface area contributed by atoms with Gasteiger partial charge in [0.2, 0.25) is 0 Å². The van der Waals surface area contributed by atoms with Gasteiger partial charge in [0, 0.05) is 5.02 Å². The summed E-state index contributed by atoms with van der Waals surface area (Å²) in [7, 11) is 0. The predicted octanol–water partition coefficient (Wildman–Crippen LogP) is 4.10. The van der Waals surface area contributed by atoms with Crippen molar-refractivity contribution in [3.63, 3.8) is 0 Å². The molecular formula is C19H20ClN3O. The van der Waals surface area contributed by atoms with Crippen molar-refractivity contribution in [1.29, 1.82) is 0 Å². The fourth-order valence-electron chi connectivity index (χ4n) is 2.89. The van der Waals surface area contributed by atoms with Crippen LogP contribution < -0.4 is 10.9 Å². The number of aromatic nitrogens is 2. The SMILES string of the molecule is CCN[C@H](CC)c1nc2ccccc2c(=O)n1-c1ccc(Cl)cc1. The number of hydrogen-bond donors (Lipinski definition) is 1. The van der Waals surface area contributed by atoms with E-state index in [4.69, 9.17) is 16.6 Å². The van der Waals surface area contributed by atoms with E-state index in [9.17, 15) is 4.79 Å². The van der Waals surface area contributed by atoms with Gasteiger partial charge in [-0.15, -0.1) is 0 Å². The Kier molecular flexibility index (Phi) is 4.97. The van der Waals surface area contributed by atoms with Gasteiger partial charge in [-0.05, 0) is 49.4 Å². The molecule has 24 heavy (non-hydrogen) atoms. The molecule has 0 aliphatic heterocycles. The quantitative estimate of drug-likeness (QED) is 0.760. The summed E-state index contributed by atoms with van der Waals surface area (Å²) >= 11 is 6.00. The smallest absolute Gasteiger partial charge is 0.266 e. The van der Waals surface area contributed by atoms with Gasteiger partial charge in [-0.2, -0.15) is 0 Å². The third-order valence-electron chi connectivity index (χ3n) is 4.06. The minimum atomic E-state index is -0.0609. The Hall–Kier alpha value is -2.17. The Bertz CT molecular complexity index is 903. The minimum absolute atomic E-state index is 0.00276. The average molecular weight is 342 g/mol. The molecule has 1 N–H and O–H groups in total. The Labute approximate surface area is 146 Å². The molecule has 0 unspecified atom stereocenters. The van der Waals surface area contributed by atoms with Crippen molar-refractivity contribution >= 4 is 22.5 Å². The van der Waals surface area contributed by atoms with Gasteiger partial charge < -0.3 is 5.32 Å². The van der Waals surface area contributed by atoms with Crippen LogP contribution in [0, 0.1) is 0 Å². The van der Waals surface area contributed by atoms with E-state index in [0.717, 1.165) is 30.0 Å². The van der Waals surface area contributed by atoms with Crippen LogP contribution in [0.25, 0.3) is 16.6 Å². The third kappa shape index (κ3) is 3.07. The molecule has 3 rings (SSSR count). The average Bonchev–Trinajstić information content (AvgIpc) is 2.61. The molecule has 1 atom stereocenters. The molecule has 0 saturated heterocycles. The fraction of sp³-hybridized carbons (Fsp3) is 0.263. The first-order valence-electron chi connectivity index (χ1n) is 8.16. The van der Waals surface area contributed by atoms with Crippen molar-refractivity contribution in [2.75, 3.05) is 6.54 Å². The largest absolute Gasteiger partial charge is 0.308 e. The Balaban J connectivity index is 2.33. The van der Waals surface area contributed by atoms with Crippen LogP contribution >= 0.6 is 11.6 Å². The van der Waals surface area contributed by atoms with Gasteiger partial charge in [-0.25, -0.2) is 4.98 Å². The number of benzene rings is 2. The predicted molar refractivity (Wildman–Crippen MR) is 99.1 cm³/mol. The van der Waals surface area contributed by atoms with Crippen LogP contribution in [0.3, 0.4) is 0 Å².